The number of phenols is 1. The molecule has 0 amide bonds. The second-order valence-corrected chi connectivity index (χ2v) is 5.53. The number of benzene rings is 2. The van der Waals surface area contributed by atoms with Gasteiger partial charge in [0.25, 0.3) is 0 Å². The maximum Gasteiger partial charge on any atom is 0.137 e. The normalized spacial score (nSPS) is 10.9. The fourth-order valence-corrected chi connectivity index (χ4v) is 2.60. The Balaban J connectivity index is 2.21. The summed E-state index contributed by atoms with van der Waals surface area (Å²) < 4.78 is 6.21. The number of hydrogen-bond donors (Lipinski definition) is 1. The van der Waals surface area contributed by atoms with Gasteiger partial charge in [0.1, 0.15) is 11.5 Å². The van der Waals surface area contributed by atoms with Gasteiger partial charge in [-0.1, -0.05) is 0 Å². The van der Waals surface area contributed by atoms with E-state index in [1.807, 2.05) is 50.2 Å². The van der Waals surface area contributed by atoms with Gasteiger partial charge in [0.2, 0.25) is 0 Å². The van der Waals surface area contributed by atoms with Crippen molar-refractivity contribution in [2.24, 2.45) is 4.99 Å². The molecule has 2 rings (SSSR count). The van der Waals surface area contributed by atoms with Crippen molar-refractivity contribution in [3.8, 4) is 11.5 Å². The Kier molecular flexibility index (Phi) is 5.00. The van der Waals surface area contributed by atoms with Crippen LogP contribution in [0.2, 0.25) is 0 Å². The SMILES string of the molecule is CCOc1ccc(N=Cc2cc(C)cc(I)c2O)cc1. The van der Waals surface area contributed by atoms with Gasteiger partial charge in [-0.15, -0.1) is 0 Å². The Morgan fingerprint density at radius 3 is 2.60 bits per heavy atom. The Labute approximate surface area is 132 Å². The third kappa shape index (κ3) is 3.72. The van der Waals surface area contributed by atoms with E-state index in [1.54, 1.807) is 6.21 Å². The Morgan fingerprint density at radius 2 is 1.95 bits per heavy atom. The van der Waals surface area contributed by atoms with Crippen LogP contribution in [0.3, 0.4) is 0 Å². The lowest BCUT2D eigenvalue weighted by Crippen LogP contribution is -1.90. The van der Waals surface area contributed by atoms with Crippen LogP contribution in [-0.2, 0) is 0 Å². The quantitative estimate of drug-likeness (QED) is 0.628. The number of rotatable bonds is 4. The third-order valence-electron chi connectivity index (χ3n) is 2.74. The summed E-state index contributed by atoms with van der Waals surface area (Å²) in [6.45, 7) is 4.60. The first kappa shape index (κ1) is 14.8. The van der Waals surface area contributed by atoms with Gasteiger partial charge in [-0.25, -0.2) is 0 Å². The average molecular weight is 381 g/mol. The van der Waals surface area contributed by atoms with Crippen LogP contribution in [0.5, 0.6) is 11.5 Å². The molecule has 0 aliphatic carbocycles. The van der Waals surface area contributed by atoms with Gasteiger partial charge in [0, 0.05) is 11.8 Å². The summed E-state index contributed by atoms with van der Waals surface area (Å²) in [6.07, 6.45) is 1.68. The molecule has 0 fully saturated rings. The second-order valence-electron chi connectivity index (χ2n) is 4.37. The van der Waals surface area contributed by atoms with Crippen LogP contribution in [0.4, 0.5) is 5.69 Å². The zero-order valence-electron chi connectivity index (χ0n) is 11.4. The summed E-state index contributed by atoms with van der Waals surface area (Å²) >= 11 is 2.12. The predicted octanol–water partition coefficient (Wildman–Crippen LogP) is 4.45. The minimum atomic E-state index is 0.269. The van der Waals surface area contributed by atoms with Gasteiger partial charge in [0.05, 0.1) is 15.9 Å². The van der Waals surface area contributed by atoms with Crippen molar-refractivity contribution in [1.82, 2.24) is 0 Å². The van der Waals surface area contributed by atoms with Crippen LogP contribution in [0.1, 0.15) is 18.1 Å². The first-order valence-electron chi connectivity index (χ1n) is 6.36. The summed E-state index contributed by atoms with van der Waals surface area (Å²) in [5.41, 5.74) is 2.65. The molecule has 2 aromatic rings. The molecule has 0 bridgehead atoms. The van der Waals surface area contributed by atoms with Crippen LogP contribution in [0.25, 0.3) is 0 Å². The first-order chi connectivity index (χ1) is 9.60. The largest absolute Gasteiger partial charge is 0.506 e. The Hall–Kier alpha value is -1.56. The van der Waals surface area contributed by atoms with Crippen molar-refractivity contribution in [1.29, 1.82) is 0 Å². The van der Waals surface area contributed by atoms with Crippen LogP contribution >= 0.6 is 22.6 Å². The highest BCUT2D eigenvalue weighted by molar-refractivity contribution is 14.1. The molecule has 0 saturated heterocycles. The smallest absolute Gasteiger partial charge is 0.137 e. The first-order valence-corrected chi connectivity index (χ1v) is 7.44. The maximum absolute atomic E-state index is 10.00. The van der Waals surface area contributed by atoms with Crippen molar-refractivity contribution in [2.75, 3.05) is 6.61 Å². The molecule has 4 heteroatoms. The fourth-order valence-electron chi connectivity index (χ4n) is 1.80. The van der Waals surface area contributed by atoms with Crippen LogP contribution < -0.4 is 4.74 Å². The molecule has 0 saturated carbocycles. The standard InChI is InChI=1S/C16H16INO2/c1-3-20-14-6-4-13(5-7-14)18-10-12-8-11(2)9-15(17)16(12)19/h4-10,19H,3H2,1-2H3. The molecule has 104 valence electrons. The molecule has 0 heterocycles. The molecule has 0 spiro atoms. The lowest BCUT2D eigenvalue weighted by atomic mass is 10.1. The molecular formula is C16H16INO2. The minimum Gasteiger partial charge on any atom is -0.506 e. The topological polar surface area (TPSA) is 41.8 Å². The van der Waals surface area contributed by atoms with E-state index in [1.165, 1.54) is 0 Å². The van der Waals surface area contributed by atoms with E-state index in [9.17, 15) is 5.11 Å². The van der Waals surface area contributed by atoms with Crippen molar-refractivity contribution < 1.29 is 9.84 Å². The van der Waals surface area contributed by atoms with Gasteiger partial charge in [-0.2, -0.15) is 0 Å². The molecule has 0 radical (unpaired) electrons. The van der Waals surface area contributed by atoms with Crippen molar-refractivity contribution in [3.63, 3.8) is 0 Å². The van der Waals surface area contributed by atoms with Crippen LogP contribution in [0.15, 0.2) is 41.4 Å². The molecule has 3 nitrogen and oxygen atoms in total. The predicted molar refractivity (Wildman–Crippen MR) is 90.4 cm³/mol. The second kappa shape index (κ2) is 6.74. The highest BCUT2D eigenvalue weighted by Crippen LogP contribution is 2.25. The van der Waals surface area contributed by atoms with Gasteiger partial charge in [-0.05, 0) is 78.4 Å². The number of aromatic hydroxyl groups is 1. The van der Waals surface area contributed by atoms with E-state index in [0.717, 1.165) is 26.1 Å². The van der Waals surface area contributed by atoms with E-state index in [2.05, 4.69) is 27.6 Å². The number of ether oxygens (including phenoxy) is 1. The van der Waals surface area contributed by atoms with Crippen LogP contribution in [0, 0.1) is 10.5 Å². The molecule has 20 heavy (non-hydrogen) atoms. The highest BCUT2D eigenvalue weighted by atomic mass is 127. The maximum atomic E-state index is 10.00. The lowest BCUT2D eigenvalue weighted by Gasteiger charge is -2.04. The minimum absolute atomic E-state index is 0.269. The molecule has 0 aliphatic rings. The van der Waals surface area contributed by atoms with Crippen molar-refractivity contribution in [2.45, 2.75) is 13.8 Å². The fraction of sp³-hybridized carbons (Fsp3) is 0.188. The summed E-state index contributed by atoms with van der Waals surface area (Å²) in [5, 5.41) is 10.00. The average Bonchev–Trinajstić information content (AvgIpc) is 2.43. The molecule has 0 unspecified atom stereocenters. The number of hydrogen-bond acceptors (Lipinski definition) is 3. The van der Waals surface area contributed by atoms with E-state index in [4.69, 9.17) is 4.74 Å². The van der Waals surface area contributed by atoms with Gasteiger partial charge in [0.15, 0.2) is 0 Å². The zero-order valence-corrected chi connectivity index (χ0v) is 13.6. The van der Waals surface area contributed by atoms with Gasteiger partial charge < -0.3 is 9.84 Å². The third-order valence-corrected chi connectivity index (χ3v) is 3.56. The van der Waals surface area contributed by atoms with Crippen molar-refractivity contribution >= 4 is 34.5 Å². The number of aliphatic imine (C=N–C) groups is 1. The molecular weight excluding hydrogens is 365 g/mol. The number of phenolic OH excluding ortho intramolecular Hbond substituents is 1. The molecule has 0 atom stereocenters. The van der Waals surface area contributed by atoms with E-state index >= 15 is 0 Å². The van der Waals surface area contributed by atoms with Crippen molar-refractivity contribution in [3.05, 3.63) is 51.1 Å². The van der Waals surface area contributed by atoms with Crippen LogP contribution in [-0.4, -0.2) is 17.9 Å². The lowest BCUT2D eigenvalue weighted by molar-refractivity contribution is 0.340. The van der Waals surface area contributed by atoms with E-state index < -0.39 is 0 Å². The van der Waals surface area contributed by atoms with Gasteiger partial charge in [-0.3, -0.25) is 4.99 Å². The summed E-state index contributed by atoms with van der Waals surface area (Å²) in [4.78, 5) is 4.38. The number of aryl methyl sites for hydroxylation is 1. The van der Waals surface area contributed by atoms with E-state index in [0.29, 0.717) is 6.61 Å². The number of nitrogens with zero attached hydrogens (tertiary/aromatic N) is 1. The monoisotopic (exact) mass is 381 g/mol. The molecule has 1 N–H and O–H groups in total. The zero-order chi connectivity index (χ0) is 14.5. The van der Waals surface area contributed by atoms with E-state index in [-0.39, 0.29) is 5.75 Å². The molecule has 0 aliphatic heterocycles. The molecule has 0 aromatic heterocycles. The Bertz CT molecular complexity index is 621. The summed E-state index contributed by atoms with van der Waals surface area (Å²) in [5.74, 6) is 1.10. The summed E-state index contributed by atoms with van der Waals surface area (Å²) in [7, 11) is 0. The Morgan fingerprint density at radius 1 is 1.25 bits per heavy atom. The summed E-state index contributed by atoms with van der Waals surface area (Å²) in [6, 6.07) is 11.4. The number of halogens is 1. The molecule has 2 aromatic carbocycles. The highest BCUT2D eigenvalue weighted by Gasteiger charge is 2.04. The van der Waals surface area contributed by atoms with Gasteiger partial charge >= 0.3 is 0 Å².